The third-order valence-electron chi connectivity index (χ3n) is 5.82. The molecule has 0 amide bonds. The van der Waals surface area contributed by atoms with Crippen LogP contribution in [0.2, 0.25) is 0 Å². The Balaban J connectivity index is 0.00000205. The maximum absolute atomic E-state index is 13.0. The number of para-hydroxylation sites is 1. The van der Waals surface area contributed by atoms with E-state index in [0.29, 0.717) is 35.5 Å². The molecule has 1 aromatic carbocycles. The van der Waals surface area contributed by atoms with E-state index in [1.54, 1.807) is 7.11 Å². The van der Waals surface area contributed by atoms with E-state index in [1.807, 2.05) is 31.2 Å². The van der Waals surface area contributed by atoms with Crippen molar-refractivity contribution < 1.29 is 11.0 Å². The van der Waals surface area contributed by atoms with Gasteiger partial charge in [-0.2, -0.15) is 4.98 Å². The molecule has 0 radical (unpaired) electrons. The van der Waals surface area contributed by atoms with Gasteiger partial charge in [0, 0.05) is 24.8 Å². The minimum atomic E-state index is -0.180. The lowest BCUT2D eigenvalue weighted by Crippen LogP contribution is -2.48. The van der Waals surface area contributed by atoms with Crippen LogP contribution in [0, 0.1) is 18.8 Å². The number of benzene rings is 1. The van der Waals surface area contributed by atoms with Gasteiger partial charge < -0.3 is 15.0 Å². The maximum Gasteiger partial charge on any atom is 0.215 e. The number of nitrogens with one attached hydrogen (secondary N) is 1. The van der Waals surface area contributed by atoms with Crippen molar-refractivity contribution in [2.45, 2.75) is 25.9 Å². The van der Waals surface area contributed by atoms with Gasteiger partial charge in [-0.25, -0.2) is 0 Å². The number of aryl methyl sites for hydroxylation is 1. The monoisotopic (exact) mass is 375 g/mol. The van der Waals surface area contributed by atoms with Crippen LogP contribution in [0.1, 0.15) is 30.2 Å². The first-order valence-corrected chi connectivity index (χ1v) is 9.73. The molecule has 0 bridgehead atoms. The highest BCUT2D eigenvalue weighted by Crippen LogP contribution is 2.47. The molecule has 144 valence electrons. The van der Waals surface area contributed by atoms with Gasteiger partial charge in [0.25, 0.3) is 0 Å². The van der Waals surface area contributed by atoms with Gasteiger partial charge in [-0.3, -0.25) is 4.79 Å². The highest BCUT2D eigenvalue weighted by molar-refractivity contribution is 6.05. The largest absolute Gasteiger partial charge is 0.481 e. The van der Waals surface area contributed by atoms with Crippen LogP contribution in [0.15, 0.2) is 60.3 Å². The van der Waals surface area contributed by atoms with Crippen molar-refractivity contribution in [2.75, 3.05) is 12.0 Å². The van der Waals surface area contributed by atoms with E-state index in [9.17, 15) is 4.79 Å². The number of hydrogen-bond acceptors (Lipinski definition) is 5. The molecule has 3 atom stereocenters. The van der Waals surface area contributed by atoms with Gasteiger partial charge in [-0.05, 0) is 43.0 Å². The quantitative estimate of drug-likeness (QED) is 0.860. The minimum absolute atomic E-state index is 0. The summed E-state index contributed by atoms with van der Waals surface area (Å²) in [6.07, 6.45) is 7.93. The number of carbonyl (C=O) groups excluding carboxylic acids is 1. The van der Waals surface area contributed by atoms with Crippen LogP contribution < -0.4 is 15.0 Å². The number of carbonyl (C=O) groups is 1. The number of ether oxygens (including phenoxy) is 1. The number of hydrogen-bond donors (Lipinski definition) is 1. The average molecular weight is 375 g/mol. The first-order valence-electron chi connectivity index (χ1n) is 9.73. The molecule has 0 saturated heterocycles. The molecule has 5 nitrogen and oxygen atoms in total. The third kappa shape index (κ3) is 2.78. The fourth-order valence-electron chi connectivity index (χ4n) is 4.33. The molecule has 1 fully saturated rings. The number of nitrogens with zero attached hydrogens (tertiary/aromatic N) is 2. The fraction of sp³-hybridized carbons (Fsp3) is 0.304. The van der Waals surface area contributed by atoms with Crippen molar-refractivity contribution in [3.8, 4) is 5.88 Å². The van der Waals surface area contributed by atoms with Gasteiger partial charge in [-0.15, -0.1) is 0 Å². The summed E-state index contributed by atoms with van der Waals surface area (Å²) in [4.78, 5) is 19.9. The Morgan fingerprint density at radius 3 is 2.89 bits per heavy atom. The second-order valence-corrected chi connectivity index (χ2v) is 7.69. The van der Waals surface area contributed by atoms with Crippen molar-refractivity contribution in [1.82, 2.24) is 10.3 Å². The standard InChI is InChI=1S/C23H23N3O2.H2/c1-14-11-21(28-2)25-23-22(14)19(27)13-20(26(23)16-8-4-3-5-9-16)24-18-10-6-7-15-12-17(15)18;/h3-11,15,17,20,24H,12-13H2,1-2H3;1H. The Labute approximate surface area is 166 Å². The molecule has 1 aliphatic heterocycles. The van der Waals surface area contributed by atoms with E-state index >= 15 is 0 Å². The Bertz CT molecular complexity index is 1000. The van der Waals surface area contributed by atoms with Gasteiger partial charge >= 0.3 is 0 Å². The van der Waals surface area contributed by atoms with E-state index in [2.05, 4.69) is 45.6 Å². The van der Waals surface area contributed by atoms with Crippen LogP contribution >= 0.6 is 0 Å². The summed E-state index contributed by atoms with van der Waals surface area (Å²) in [5.41, 5.74) is 3.81. The number of pyridine rings is 1. The number of rotatable bonds is 4. The van der Waals surface area contributed by atoms with Crippen molar-refractivity contribution >= 4 is 17.3 Å². The number of methoxy groups -OCH3 is 1. The van der Waals surface area contributed by atoms with Gasteiger partial charge in [0.15, 0.2) is 5.78 Å². The predicted molar refractivity (Wildman–Crippen MR) is 111 cm³/mol. The van der Waals surface area contributed by atoms with E-state index in [-0.39, 0.29) is 13.4 Å². The zero-order valence-electron chi connectivity index (χ0n) is 16.1. The Morgan fingerprint density at radius 1 is 1.29 bits per heavy atom. The van der Waals surface area contributed by atoms with E-state index in [0.717, 1.165) is 11.3 Å². The lowest BCUT2D eigenvalue weighted by molar-refractivity contribution is 0.0963. The molecule has 5 heteroatoms. The molecule has 5 rings (SSSR count). The number of allylic oxidation sites excluding steroid dienone is 4. The second kappa shape index (κ2) is 6.51. The fourth-order valence-corrected chi connectivity index (χ4v) is 4.33. The SMILES string of the molecule is COc1cc(C)c2c(n1)N(c1ccccc1)C(NC1=CC=CC3CC13)CC2=O.[HH]. The normalized spacial score (nSPS) is 24.9. The summed E-state index contributed by atoms with van der Waals surface area (Å²) in [5, 5.41) is 3.66. The van der Waals surface area contributed by atoms with E-state index in [1.165, 1.54) is 12.1 Å². The summed E-state index contributed by atoms with van der Waals surface area (Å²) in [6.45, 7) is 1.95. The highest BCUT2D eigenvalue weighted by atomic mass is 16.5. The molecule has 1 N–H and O–H groups in total. The van der Waals surface area contributed by atoms with Crippen LogP contribution in [0.5, 0.6) is 5.88 Å². The van der Waals surface area contributed by atoms with Crippen LogP contribution in [-0.2, 0) is 0 Å². The Hall–Kier alpha value is -3.08. The molecular weight excluding hydrogens is 350 g/mol. The molecule has 0 spiro atoms. The third-order valence-corrected chi connectivity index (χ3v) is 5.82. The van der Waals surface area contributed by atoms with Crippen LogP contribution in [0.3, 0.4) is 0 Å². The summed E-state index contributed by atoms with van der Waals surface area (Å²) in [7, 11) is 1.60. The number of Topliss-reactive ketones (excluding diaryl/α,β-unsaturated/α-hetero) is 1. The van der Waals surface area contributed by atoms with Gasteiger partial charge in [0.1, 0.15) is 12.0 Å². The van der Waals surface area contributed by atoms with Crippen molar-refractivity contribution in [2.24, 2.45) is 11.8 Å². The maximum atomic E-state index is 13.0. The van der Waals surface area contributed by atoms with Gasteiger partial charge in [-0.1, -0.05) is 30.4 Å². The predicted octanol–water partition coefficient (Wildman–Crippen LogP) is 4.37. The average Bonchev–Trinajstić information content (AvgIpc) is 3.49. The molecule has 28 heavy (non-hydrogen) atoms. The van der Waals surface area contributed by atoms with Crippen molar-refractivity contribution in [1.29, 1.82) is 0 Å². The highest BCUT2D eigenvalue weighted by Gasteiger charge is 2.42. The lowest BCUT2D eigenvalue weighted by Gasteiger charge is -2.39. The molecule has 2 aromatic rings. The molecule has 2 heterocycles. The molecule has 1 saturated carbocycles. The number of aromatic nitrogens is 1. The smallest absolute Gasteiger partial charge is 0.215 e. The van der Waals surface area contributed by atoms with Crippen LogP contribution in [-0.4, -0.2) is 24.0 Å². The summed E-state index contributed by atoms with van der Waals surface area (Å²) < 4.78 is 5.40. The molecule has 1 aromatic heterocycles. The number of anilines is 2. The van der Waals surface area contributed by atoms with Crippen molar-refractivity contribution in [3.05, 3.63) is 71.5 Å². The number of ketones is 1. The van der Waals surface area contributed by atoms with Crippen LogP contribution in [0.4, 0.5) is 11.5 Å². The zero-order chi connectivity index (χ0) is 19.3. The molecular formula is C23H25N3O2. The number of fused-ring (bicyclic) bond motifs is 2. The summed E-state index contributed by atoms with van der Waals surface area (Å²) >= 11 is 0. The first-order chi connectivity index (χ1) is 13.7. The zero-order valence-corrected chi connectivity index (χ0v) is 16.1. The minimum Gasteiger partial charge on any atom is -0.481 e. The molecule has 2 aliphatic carbocycles. The topological polar surface area (TPSA) is 54.5 Å². The van der Waals surface area contributed by atoms with E-state index < -0.39 is 0 Å². The van der Waals surface area contributed by atoms with Crippen molar-refractivity contribution in [3.63, 3.8) is 0 Å². The first kappa shape index (κ1) is 17.0. The lowest BCUT2D eigenvalue weighted by atomic mass is 9.96. The Morgan fingerprint density at radius 2 is 2.11 bits per heavy atom. The Kier molecular flexibility index (Phi) is 3.97. The molecule has 3 aliphatic rings. The second-order valence-electron chi connectivity index (χ2n) is 7.69. The van der Waals surface area contributed by atoms with E-state index in [4.69, 9.17) is 4.74 Å². The summed E-state index contributed by atoms with van der Waals surface area (Å²) in [5.74, 6) is 2.50. The summed E-state index contributed by atoms with van der Waals surface area (Å²) in [6, 6.07) is 12.0. The van der Waals surface area contributed by atoms with Gasteiger partial charge in [0.2, 0.25) is 5.88 Å². The van der Waals surface area contributed by atoms with Crippen LogP contribution in [0.25, 0.3) is 0 Å². The van der Waals surface area contributed by atoms with Gasteiger partial charge in [0.05, 0.1) is 19.1 Å². The molecule has 3 unspecified atom stereocenters.